The molecule has 0 aromatic rings. The van der Waals surface area contributed by atoms with Gasteiger partial charge in [0, 0.05) is 25.7 Å². The molecule has 3 N–H and O–H groups in total. The van der Waals surface area contributed by atoms with Crippen LogP contribution in [0.3, 0.4) is 0 Å². The number of hydrogen-bond acceptors (Lipinski definition) is 15. The molecule has 0 saturated carbocycles. The van der Waals surface area contributed by atoms with E-state index in [-0.39, 0.29) is 25.7 Å². The highest BCUT2D eigenvalue weighted by Gasteiger charge is 2.31. The molecule has 0 bridgehead atoms. The predicted octanol–water partition coefficient (Wildman–Crippen LogP) is 30.1. The number of phosphoric ester groups is 2. The van der Waals surface area contributed by atoms with Crippen LogP contribution in [-0.2, 0) is 65.4 Å². The summed E-state index contributed by atoms with van der Waals surface area (Å²) < 4.78 is 69.2. The predicted molar refractivity (Wildman–Crippen MR) is 478 cm³/mol. The van der Waals surface area contributed by atoms with Crippen LogP contribution < -0.4 is 0 Å². The minimum Gasteiger partial charge on any atom is -0.462 e. The first-order chi connectivity index (χ1) is 55.9. The number of carbonyl (C=O) groups is 4. The van der Waals surface area contributed by atoms with Crippen LogP contribution in [0.1, 0.15) is 523 Å². The molecule has 0 aliphatic rings. The minimum atomic E-state index is -4.97. The summed E-state index contributed by atoms with van der Waals surface area (Å²) in [5.41, 5.74) is 0. The van der Waals surface area contributed by atoms with Crippen LogP contribution in [0.2, 0.25) is 0 Å². The Hall–Kier alpha value is -1.94. The highest BCUT2D eigenvalue weighted by Crippen LogP contribution is 2.45. The number of esters is 4. The van der Waals surface area contributed by atoms with Crippen molar-refractivity contribution in [2.45, 2.75) is 541 Å². The molecule has 0 aromatic heterocycles. The topological polar surface area (TPSA) is 237 Å². The van der Waals surface area contributed by atoms with Crippen LogP contribution in [0, 0.1) is 11.8 Å². The summed E-state index contributed by atoms with van der Waals surface area (Å²) in [4.78, 5) is 73.6. The number of carbonyl (C=O) groups excluding carboxylic acids is 4. The maximum Gasteiger partial charge on any atom is 0.472 e. The molecule has 0 aromatic carbocycles. The number of rotatable bonds is 95. The van der Waals surface area contributed by atoms with Gasteiger partial charge in [0.2, 0.25) is 0 Å². The van der Waals surface area contributed by atoms with E-state index in [9.17, 15) is 43.2 Å². The van der Waals surface area contributed by atoms with Crippen molar-refractivity contribution in [3.8, 4) is 0 Å². The molecular formula is C96H188O17P2. The van der Waals surface area contributed by atoms with Crippen LogP contribution >= 0.6 is 15.6 Å². The second-order valence-corrected chi connectivity index (χ2v) is 38.1. The molecule has 6 atom stereocenters. The summed E-state index contributed by atoms with van der Waals surface area (Å²) in [5, 5.41) is 10.7. The molecule has 0 aliphatic carbocycles. The molecule has 0 spiro atoms. The van der Waals surface area contributed by atoms with Gasteiger partial charge in [-0.1, -0.05) is 472 Å². The third-order valence-corrected chi connectivity index (χ3v) is 25.0. The quantitative estimate of drug-likeness (QED) is 0.0222. The van der Waals surface area contributed by atoms with Gasteiger partial charge in [-0.05, 0) is 37.5 Å². The van der Waals surface area contributed by atoms with E-state index in [2.05, 4.69) is 41.5 Å². The molecule has 684 valence electrons. The van der Waals surface area contributed by atoms with E-state index < -0.39 is 97.5 Å². The Morgan fingerprint density at radius 2 is 0.443 bits per heavy atom. The van der Waals surface area contributed by atoms with Crippen molar-refractivity contribution in [3.05, 3.63) is 0 Å². The Morgan fingerprint density at radius 3 is 0.661 bits per heavy atom. The summed E-state index contributed by atoms with van der Waals surface area (Å²) in [7, 11) is -9.94. The van der Waals surface area contributed by atoms with Gasteiger partial charge < -0.3 is 33.8 Å². The molecule has 0 fully saturated rings. The van der Waals surface area contributed by atoms with Gasteiger partial charge in [0.15, 0.2) is 12.2 Å². The summed E-state index contributed by atoms with van der Waals surface area (Å²) in [6.45, 7) is 9.76. The van der Waals surface area contributed by atoms with Gasteiger partial charge in [-0.15, -0.1) is 0 Å². The highest BCUT2D eigenvalue weighted by atomic mass is 31.2. The van der Waals surface area contributed by atoms with Crippen LogP contribution in [0.4, 0.5) is 0 Å². The van der Waals surface area contributed by atoms with E-state index in [1.165, 1.54) is 340 Å². The second-order valence-electron chi connectivity index (χ2n) is 35.2. The molecule has 0 saturated heterocycles. The molecule has 0 aliphatic heterocycles. The summed E-state index contributed by atoms with van der Waals surface area (Å²) in [5.74, 6) is -0.495. The van der Waals surface area contributed by atoms with Crippen molar-refractivity contribution >= 4 is 39.5 Å². The lowest BCUT2D eigenvalue weighted by atomic mass is 9.99. The smallest absolute Gasteiger partial charge is 0.462 e. The van der Waals surface area contributed by atoms with Crippen LogP contribution in [0.25, 0.3) is 0 Å². The second kappa shape index (κ2) is 87.0. The van der Waals surface area contributed by atoms with Gasteiger partial charge >= 0.3 is 39.5 Å². The molecule has 0 rings (SSSR count). The fraction of sp³-hybridized carbons (Fsp3) is 0.958. The third kappa shape index (κ3) is 88.2. The van der Waals surface area contributed by atoms with E-state index in [4.69, 9.17) is 37.0 Å². The fourth-order valence-corrected chi connectivity index (χ4v) is 16.7. The maximum absolute atomic E-state index is 13.2. The van der Waals surface area contributed by atoms with E-state index in [1.54, 1.807) is 0 Å². The number of unbranched alkanes of at least 4 members (excludes halogenated alkanes) is 64. The van der Waals surface area contributed by atoms with Crippen LogP contribution in [-0.4, -0.2) is 96.7 Å². The van der Waals surface area contributed by atoms with E-state index in [0.29, 0.717) is 25.7 Å². The van der Waals surface area contributed by atoms with Crippen molar-refractivity contribution in [1.82, 2.24) is 0 Å². The van der Waals surface area contributed by atoms with Crippen LogP contribution in [0.5, 0.6) is 0 Å². The Labute approximate surface area is 708 Å². The molecule has 0 amide bonds. The van der Waals surface area contributed by atoms with Gasteiger partial charge in [-0.2, -0.15) is 0 Å². The average molecular weight is 1680 g/mol. The summed E-state index contributed by atoms with van der Waals surface area (Å²) in [6.07, 6.45) is 83.6. The first-order valence-electron chi connectivity index (χ1n) is 49.5. The van der Waals surface area contributed by atoms with Crippen LogP contribution in [0.15, 0.2) is 0 Å². The van der Waals surface area contributed by atoms with Gasteiger partial charge in [-0.25, -0.2) is 9.13 Å². The first-order valence-corrected chi connectivity index (χ1v) is 52.5. The Balaban J connectivity index is 5.22. The summed E-state index contributed by atoms with van der Waals surface area (Å²) in [6, 6.07) is 0. The van der Waals surface area contributed by atoms with Crippen molar-refractivity contribution in [2.24, 2.45) is 11.8 Å². The van der Waals surface area contributed by atoms with E-state index in [1.807, 2.05) is 0 Å². The standard InChI is InChI=1S/C96H188O17P2/c1-7-10-12-14-16-18-20-22-24-26-28-30-31-33-37-41-45-49-53-60-66-72-78-93(98)106-84-91(112-95(100)80-74-69-63-55-51-47-43-39-35-34-36-40-44-48-52-59-65-71-77-89(6)9-3)86-110-114(102,103)108-82-90(97)83-109-115(104,105)111-87-92(85-107-94(99)79-73-67-61-57-56-58-64-70-76-88(4)5)113-96(101)81-75-68-62-54-50-46-42-38-32-29-27-25-23-21-19-17-15-13-11-8-2/h88-92,97H,7-87H2,1-6H3,(H,102,103)(H,104,105)/t89?,90-,91-,92-/m1/s1. The van der Waals surface area contributed by atoms with Crippen molar-refractivity contribution in [3.63, 3.8) is 0 Å². The number of aliphatic hydroxyl groups is 1. The van der Waals surface area contributed by atoms with Crippen molar-refractivity contribution in [1.29, 1.82) is 0 Å². The fourth-order valence-electron chi connectivity index (χ4n) is 15.2. The van der Waals surface area contributed by atoms with Gasteiger partial charge in [0.1, 0.15) is 19.3 Å². The SMILES string of the molecule is CCCCCCCCCCCCCCCCCCCCCCCCC(=O)OC[C@H](COP(=O)(O)OC[C@@H](O)COP(=O)(O)OC[C@@H](COC(=O)CCCCCCCCCCC(C)C)OC(=O)CCCCCCCCCCCCCCCCCCCCCC)OC(=O)CCCCCCCCCCCCCCCCCCCCC(C)CC. The normalized spacial score (nSPS) is 13.9. The molecule has 19 heteroatoms. The zero-order valence-corrected chi connectivity index (χ0v) is 77.9. The molecule has 115 heavy (non-hydrogen) atoms. The number of hydrogen-bond donors (Lipinski definition) is 3. The van der Waals surface area contributed by atoms with E-state index in [0.717, 1.165) is 102 Å². The summed E-state index contributed by atoms with van der Waals surface area (Å²) >= 11 is 0. The molecular weight excluding hydrogens is 1490 g/mol. The third-order valence-electron chi connectivity index (χ3n) is 23.1. The largest absolute Gasteiger partial charge is 0.472 e. The van der Waals surface area contributed by atoms with Gasteiger partial charge in [0.05, 0.1) is 26.4 Å². The zero-order chi connectivity index (χ0) is 84.1. The first kappa shape index (κ1) is 113. The van der Waals surface area contributed by atoms with Gasteiger partial charge in [-0.3, -0.25) is 37.3 Å². The molecule has 0 heterocycles. The minimum absolute atomic E-state index is 0.109. The Kier molecular flexibility index (Phi) is 85.5. The number of ether oxygens (including phenoxy) is 4. The lowest BCUT2D eigenvalue weighted by molar-refractivity contribution is -0.161. The monoisotopic (exact) mass is 1680 g/mol. The number of aliphatic hydroxyl groups excluding tert-OH is 1. The van der Waals surface area contributed by atoms with E-state index >= 15 is 0 Å². The lowest BCUT2D eigenvalue weighted by Crippen LogP contribution is -2.30. The Bertz CT molecular complexity index is 2190. The zero-order valence-electron chi connectivity index (χ0n) is 76.1. The molecule has 3 unspecified atom stereocenters. The Morgan fingerprint density at radius 1 is 0.252 bits per heavy atom. The van der Waals surface area contributed by atoms with Crippen molar-refractivity contribution in [2.75, 3.05) is 39.6 Å². The van der Waals surface area contributed by atoms with Crippen molar-refractivity contribution < 1.29 is 80.2 Å². The average Bonchev–Trinajstić information content (AvgIpc) is 0.897. The number of phosphoric acid groups is 2. The maximum atomic E-state index is 13.2. The molecule has 0 radical (unpaired) electrons. The molecule has 17 nitrogen and oxygen atoms in total. The van der Waals surface area contributed by atoms with Gasteiger partial charge in [0.25, 0.3) is 0 Å². The highest BCUT2D eigenvalue weighted by molar-refractivity contribution is 7.47. The lowest BCUT2D eigenvalue weighted by Gasteiger charge is -2.21.